The van der Waals surface area contributed by atoms with Crippen LogP contribution in [0.15, 0.2) is 60.1 Å². The quantitative estimate of drug-likeness (QED) is 0.652. The Bertz CT molecular complexity index is 911. The molecule has 27 heavy (non-hydrogen) atoms. The van der Waals surface area contributed by atoms with Gasteiger partial charge in [0.1, 0.15) is 11.5 Å². The summed E-state index contributed by atoms with van der Waals surface area (Å²) in [4.78, 5) is 28.1. The fraction of sp³-hybridized carbons (Fsp3) is 0.105. The Morgan fingerprint density at radius 2 is 1.85 bits per heavy atom. The normalized spacial score (nSPS) is 10.1. The molecule has 1 heterocycles. The summed E-state index contributed by atoms with van der Waals surface area (Å²) in [5.74, 6) is 0.625. The van der Waals surface area contributed by atoms with Gasteiger partial charge in [-0.15, -0.1) is 11.3 Å². The van der Waals surface area contributed by atoms with Crippen molar-refractivity contribution in [2.75, 3.05) is 24.4 Å². The SMILES string of the molecule is COc1cccc(OCC(=O)Nc2ccc(C(=O)Nc3nccs3)cc2)c1. The molecule has 138 valence electrons. The third-order valence-corrected chi connectivity index (χ3v) is 4.18. The number of nitrogens with one attached hydrogen (secondary N) is 2. The number of amides is 2. The van der Waals surface area contributed by atoms with Crippen LogP contribution in [0.3, 0.4) is 0 Å². The molecule has 2 N–H and O–H groups in total. The fourth-order valence-electron chi connectivity index (χ4n) is 2.20. The molecule has 0 atom stereocenters. The summed E-state index contributed by atoms with van der Waals surface area (Å²) >= 11 is 1.34. The van der Waals surface area contributed by atoms with Gasteiger partial charge in [0.2, 0.25) is 0 Å². The zero-order valence-corrected chi connectivity index (χ0v) is 15.3. The standard InChI is InChI=1S/C19H17N3O4S/c1-25-15-3-2-4-16(11-15)26-12-17(23)21-14-7-5-13(6-8-14)18(24)22-19-20-9-10-27-19/h2-11H,12H2,1H3,(H,21,23)(H,20,22,24). The molecule has 3 rings (SSSR count). The molecule has 0 saturated heterocycles. The van der Waals surface area contributed by atoms with Crippen molar-refractivity contribution in [1.29, 1.82) is 0 Å². The molecule has 0 saturated carbocycles. The minimum Gasteiger partial charge on any atom is -0.497 e. The van der Waals surface area contributed by atoms with E-state index < -0.39 is 0 Å². The maximum Gasteiger partial charge on any atom is 0.262 e. The van der Waals surface area contributed by atoms with Crippen molar-refractivity contribution < 1.29 is 19.1 Å². The van der Waals surface area contributed by atoms with Crippen LogP contribution >= 0.6 is 11.3 Å². The topological polar surface area (TPSA) is 89.5 Å². The molecule has 2 aromatic carbocycles. The largest absolute Gasteiger partial charge is 0.497 e. The number of benzene rings is 2. The van der Waals surface area contributed by atoms with Gasteiger partial charge in [-0.1, -0.05) is 6.07 Å². The van der Waals surface area contributed by atoms with Crippen molar-refractivity contribution in [2.24, 2.45) is 0 Å². The highest BCUT2D eigenvalue weighted by Gasteiger charge is 2.09. The highest BCUT2D eigenvalue weighted by atomic mass is 32.1. The molecule has 3 aromatic rings. The molecule has 0 spiro atoms. The number of aromatic nitrogens is 1. The van der Waals surface area contributed by atoms with Crippen LogP contribution in [0.1, 0.15) is 10.4 Å². The second-order valence-corrected chi connectivity index (χ2v) is 6.28. The summed E-state index contributed by atoms with van der Waals surface area (Å²) in [6.07, 6.45) is 1.62. The molecular weight excluding hydrogens is 366 g/mol. The van der Waals surface area contributed by atoms with E-state index in [1.165, 1.54) is 11.3 Å². The molecule has 1 aromatic heterocycles. The number of thiazole rings is 1. The van der Waals surface area contributed by atoms with Crippen LogP contribution in [0.4, 0.5) is 10.8 Å². The monoisotopic (exact) mass is 383 g/mol. The van der Waals surface area contributed by atoms with E-state index in [1.54, 1.807) is 67.2 Å². The van der Waals surface area contributed by atoms with Gasteiger partial charge < -0.3 is 14.8 Å². The minimum atomic E-state index is -0.308. The third kappa shape index (κ3) is 5.29. The van der Waals surface area contributed by atoms with Gasteiger partial charge in [0.15, 0.2) is 11.7 Å². The van der Waals surface area contributed by atoms with Gasteiger partial charge in [-0.05, 0) is 36.4 Å². The van der Waals surface area contributed by atoms with Crippen LogP contribution in [0.2, 0.25) is 0 Å². The van der Waals surface area contributed by atoms with E-state index in [1.807, 2.05) is 0 Å². The second-order valence-electron chi connectivity index (χ2n) is 5.38. The molecule has 0 aliphatic rings. The van der Waals surface area contributed by atoms with Crippen LogP contribution < -0.4 is 20.1 Å². The number of hydrogen-bond donors (Lipinski definition) is 2. The predicted molar refractivity (Wildman–Crippen MR) is 104 cm³/mol. The highest BCUT2D eigenvalue weighted by Crippen LogP contribution is 2.19. The average Bonchev–Trinajstić information content (AvgIpc) is 3.20. The lowest BCUT2D eigenvalue weighted by molar-refractivity contribution is -0.118. The van der Waals surface area contributed by atoms with Crippen molar-refractivity contribution >= 4 is 34.0 Å². The van der Waals surface area contributed by atoms with E-state index in [0.717, 1.165) is 0 Å². The van der Waals surface area contributed by atoms with Crippen molar-refractivity contribution in [3.63, 3.8) is 0 Å². The zero-order valence-electron chi connectivity index (χ0n) is 14.5. The Hall–Kier alpha value is -3.39. The fourth-order valence-corrected chi connectivity index (χ4v) is 2.72. The Labute approximate surface area is 160 Å². The van der Waals surface area contributed by atoms with Crippen LogP contribution in [0.25, 0.3) is 0 Å². The molecule has 0 bridgehead atoms. The lowest BCUT2D eigenvalue weighted by Crippen LogP contribution is -2.20. The number of nitrogens with zero attached hydrogens (tertiary/aromatic N) is 1. The molecule has 0 aliphatic carbocycles. The highest BCUT2D eigenvalue weighted by molar-refractivity contribution is 7.13. The minimum absolute atomic E-state index is 0.139. The van der Waals surface area contributed by atoms with Gasteiger partial charge in [-0.25, -0.2) is 4.98 Å². The average molecular weight is 383 g/mol. The van der Waals surface area contributed by atoms with E-state index in [-0.39, 0.29) is 18.4 Å². The van der Waals surface area contributed by atoms with Gasteiger partial charge in [-0.3, -0.25) is 14.9 Å². The van der Waals surface area contributed by atoms with E-state index in [2.05, 4.69) is 15.6 Å². The van der Waals surface area contributed by atoms with E-state index in [9.17, 15) is 9.59 Å². The summed E-state index contributed by atoms with van der Waals surface area (Å²) in [6, 6.07) is 13.6. The van der Waals surface area contributed by atoms with E-state index >= 15 is 0 Å². The lowest BCUT2D eigenvalue weighted by atomic mass is 10.2. The predicted octanol–water partition coefficient (Wildman–Crippen LogP) is 3.42. The van der Waals surface area contributed by atoms with Crippen LogP contribution in [0.5, 0.6) is 11.5 Å². The first-order chi connectivity index (χ1) is 13.1. The van der Waals surface area contributed by atoms with Crippen molar-refractivity contribution in [3.05, 3.63) is 65.7 Å². The number of hydrogen-bond acceptors (Lipinski definition) is 6. The van der Waals surface area contributed by atoms with Crippen LogP contribution in [0, 0.1) is 0 Å². The van der Waals surface area contributed by atoms with Crippen molar-refractivity contribution in [3.8, 4) is 11.5 Å². The number of rotatable bonds is 7. The molecule has 0 radical (unpaired) electrons. The molecule has 8 heteroatoms. The van der Waals surface area contributed by atoms with Gasteiger partial charge >= 0.3 is 0 Å². The van der Waals surface area contributed by atoms with E-state index in [4.69, 9.17) is 9.47 Å². The van der Waals surface area contributed by atoms with Crippen LogP contribution in [-0.2, 0) is 4.79 Å². The van der Waals surface area contributed by atoms with Gasteiger partial charge in [0.05, 0.1) is 7.11 Å². The van der Waals surface area contributed by atoms with Gasteiger partial charge in [0.25, 0.3) is 11.8 Å². The van der Waals surface area contributed by atoms with Gasteiger partial charge in [-0.2, -0.15) is 0 Å². The summed E-state index contributed by atoms with van der Waals surface area (Å²) in [7, 11) is 1.56. The number of anilines is 2. The number of ether oxygens (including phenoxy) is 2. The number of methoxy groups -OCH3 is 1. The molecule has 0 unspecified atom stereocenters. The molecule has 0 aliphatic heterocycles. The summed E-state index contributed by atoms with van der Waals surface area (Å²) in [5.41, 5.74) is 1.04. The molecule has 7 nitrogen and oxygen atoms in total. The number of carbonyl (C=O) groups is 2. The maximum absolute atomic E-state index is 12.1. The molecule has 0 fully saturated rings. The maximum atomic E-state index is 12.1. The Morgan fingerprint density at radius 1 is 1.07 bits per heavy atom. The van der Waals surface area contributed by atoms with E-state index in [0.29, 0.717) is 27.9 Å². The lowest BCUT2D eigenvalue weighted by Gasteiger charge is -2.09. The Balaban J connectivity index is 1.51. The zero-order chi connectivity index (χ0) is 19.1. The van der Waals surface area contributed by atoms with Crippen molar-refractivity contribution in [1.82, 2.24) is 4.98 Å². The Morgan fingerprint density at radius 3 is 2.56 bits per heavy atom. The first-order valence-corrected chi connectivity index (χ1v) is 8.89. The Kier molecular flexibility index (Phi) is 6.01. The van der Waals surface area contributed by atoms with Crippen LogP contribution in [-0.4, -0.2) is 30.5 Å². The van der Waals surface area contributed by atoms with Gasteiger partial charge in [0, 0.05) is 28.9 Å². The summed E-state index contributed by atoms with van der Waals surface area (Å²) in [6.45, 7) is -0.139. The second kappa shape index (κ2) is 8.81. The summed E-state index contributed by atoms with van der Waals surface area (Å²) < 4.78 is 10.5. The first-order valence-electron chi connectivity index (χ1n) is 8.01. The first kappa shape index (κ1) is 18.4. The molecule has 2 amide bonds. The van der Waals surface area contributed by atoms with Crippen molar-refractivity contribution in [2.45, 2.75) is 0 Å². The molecular formula is C19H17N3O4S. The summed E-state index contributed by atoms with van der Waals surface area (Å²) in [5, 5.41) is 7.73. The smallest absolute Gasteiger partial charge is 0.262 e. The third-order valence-electron chi connectivity index (χ3n) is 3.49. The number of carbonyl (C=O) groups excluding carboxylic acids is 2.